The lowest BCUT2D eigenvalue weighted by Gasteiger charge is -2.22. The van der Waals surface area contributed by atoms with E-state index in [0.717, 1.165) is 25.0 Å². The number of pyridine rings is 2. The first kappa shape index (κ1) is 23.0. The Hall–Kier alpha value is -3.76. The Morgan fingerprint density at radius 3 is 2.69 bits per heavy atom. The lowest BCUT2D eigenvalue weighted by molar-refractivity contribution is 0.0243. The fraction of sp³-hybridized carbons (Fsp3) is 0.208. The summed E-state index contributed by atoms with van der Waals surface area (Å²) in [6, 6.07) is 6.80. The highest BCUT2D eigenvalue weighted by Gasteiger charge is 2.22. The number of hydrogen-bond donors (Lipinski definition) is 1. The van der Waals surface area contributed by atoms with E-state index in [2.05, 4.69) is 19.9 Å². The number of fused-ring (bicyclic) bond motifs is 1. The maximum absolute atomic E-state index is 15.0. The van der Waals surface area contributed by atoms with Gasteiger partial charge in [0, 0.05) is 30.2 Å². The van der Waals surface area contributed by atoms with Gasteiger partial charge in [0.25, 0.3) is 5.91 Å². The first-order valence-electron chi connectivity index (χ1n) is 10.7. The number of ether oxygens (including phenoxy) is 2. The highest BCUT2D eigenvalue weighted by Crippen LogP contribution is 2.35. The Morgan fingerprint density at radius 2 is 1.91 bits per heavy atom. The zero-order chi connectivity index (χ0) is 24.5. The van der Waals surface area contributed by atoms with Crippen molar-refractivity contribution in [2.75, 3.05) is 13.2 Å². The van der Waals surface area contributed by atoms with Crippen LogP contribution in [0.25, 0.3) is 33.4 Å². The molecule has 0 radical (unpaired) electrons. The summed E-state index contributed by atoms with van der Waals surface area (Å²) >= 11 is 6.19. The summed E-state index contributed by atoms with van der Waals surface area (Å²) in [6.45, 7) is 1.21. The van der Waals surface area contributed by atoms with E-state index in [-0.39, 0.29) is 16.8 Å². The smallest absolute Gasteiger partial charge is 0.251 e. The van der Waals surface area contributed by atoms with Crippen molar-refractivity contribution in [3.63, 3.8) is 0 Å². The molecule has 1 amide bonds. The predicted octanol–water partition coefficient (Wildman–Crippen LogP) is 4.34. The van der Waals surface area contributed by atoms with Crippen LogP contribution in [0.15, 0.2) is 42.9 Å². The van der Waals surface area contributed by atoms with Gasteiger partial charge in [-0.05, 0) is 30.3 Å². The molecular formula is C24H18ClF2N5O3. The van der Waals surface area contributed by atoms with Crippen molar-refractivity contribution in [1.82, 2.24) is 19.9 Å². The van der Waals surface area contributed by atoms with E-state index in [1.165, 1.54) is 18.6 Å². The quantitative estimate of drug-likeness (QED) is 0.408. The monoisotopic (exact) mass is 497 g/mol. The number of rotatable bonds is 5. The molecule has 2 N–H and O–H groups in total. The van der Waals surface area contributed by atoms with Crippen molar-refractivity contribution in [2.45, 2.75) is 18.9 Å². The van der Waals surface area contributed by atoms with Crippen molar-refractivity contribution in [2.24, 2.45) is 5.73 Å². The van der Waals surface area contributed by atoms with E-state index >= 15 is 0 Å². The highest BCUT2D eigenvalue weighted by atomic mass is 35.5. The minimum atomic E-state index is -1.12. The van der Waals surface area contributed by atoms with Crippen LogP contribution >= 0.6 is 11.6 Å². The first-order chi connectivity index (χ1) is 16.9. The molecule has 1 fully saturated rings. The lowest BCUT2D eigenvalue weighted by atomic mass is 10.00. The summed E-state index contributed by atoms with van der Waals surface area (Å²) in [5.41, 5.74) is 6.06. The zero-order valence-corrected chi connectivity index (χ0v) is 18.9. The van der Waals surface area contributed by atoms with Gasteiger partial charge in [-0.2, -0.15) is 4.98 Å². The van der Waals surface area contributed by atoms with Crippen LogP contribution in [-0.2, 0) is 4.74 Å². The number of benzene rings is 1. The second-order valence-electron chi connectivity index (χ2n) is 7.88. The Labute approximate surface area is 203 Å². The van der Waals surface area contributed by atoms with Gasteiger partial charge in [-0.15, -0.1) is 0 Å². The van der Waals surface area contributed by atoms with Crippen LogP contribution in [0.4, 0.5) is 8.78 Å². The highest BCUT2D eigenvalue weighted by molar-refractivity contribution is 6.32. The summed E-state index contributed by atoms with van der Waals surface area (Å²) in [5.74, 6) is -2.74. The molecule has 0 atom stereocenters. The van der Waals surface area contributed by atoms with E-state index in [1.807, 2.05) is 0 Å². The summed E-state index contributed by atoms with van der Waals surface area (Å²) in [7, 11) is 0. The van der Waals surface area contributed by atoms with Crippen LogP contribution in [0.1, 0.15) is 23.2 Å². The van der Waals surface area contributed by atoms with E-state index < -0.39 is 28.7 Å². The lowest BCUT2D eigenvalue weighted by Crippen LogP contribution is -2.26. The minimum absolute atomic E-state index is 0.0489. The number of halogens is 3. The number of primary amides is 1. The molecule has 1 saturated heterocycles. The Bertz CT molecular complexity index is 1450. The largest absolute Gasteiger partial charge is 0.473 e. The normalized spacial score (nSPS) is 14.3. The van der Waals surface area contributed by atoms with Crippen LogP contribution in [0.3, 0.4) is 0 Å². The van der Waals surface area contributed by atoms with Crippen LogP contribution < -0.4 is 10.5 Å². The molecule has 178 valence electrons. The number of nitrogens with zero attached hydrogens (tertiary/aromatic N) is 4. The fourth-order valence-corrected chi connectivity index (χ4v) is 4.07. The third-order valence-corrected chi connectivity index (χ3v) is 5.96. The Morgan fingerprint density at radius 1 is 1.11 bits per heavy atom. The van der Waals surface area contributed by atoms with Crippen molar-refractivity contribution in [1.29, 1.82) is 0 Å². The molecular weight excluding hydrogens is 480 g/mol. The van der Waals surface area contributed by atoms with Gasteiger partial charge in [-0.3, -0.25) is 4.79 Å². The summed E-state index contributed by atoms with van der Waals surface area (Å²) in [4.78, 5) is 28.8. The molecule has 3 aromatic heterocycles. The molecule has 4 heterocycles. The van der Waals surface area contributed by atoms with E-state index in [4.69, 9.17) is 26.8 Å². The van der Waals surface area contributed by atoms with Gasteiger partial charge >= 0.3 is 0 Å². The van der Waals surface area contributed by atoms with Crippen LogP contribution in [0.2, 0.25) is 5.15 Å². The van der Waals surface area contributed by atoms with Gasteiger partial charge in [-0.1, -0.05) is 11.6 Å². The number of hydrogen-bond acceptors (Lipinski definition) is 7. The Kier molecular flexibility index (Phi) is 6.23. The molecule has 0 spiro atoms. The molecule has 0 bridgehead atoms. The number of nitrogens with two attached hydrogens (primary N) is 1. The van der Waals surface area contributed by atoms with E-state index in [0.29, 0.717) is 41.4 Å². The third-order valence-electron chi connectivity index (χ3n) is 5.66. The van der Waals surface area contributed by atoms with Gasteiger partial charge < -0.3 is 15.2 Å². The number of carbonyl (C=O) groups is 1. The van der Waals surface area contributed by atoms with Gasteiger partial charge in [0.2, 0.25) is 5.88 Å². The average Bonchev–Trinajstić information content (AvgIpc) is 2.85. The van der Waals surface area contributed by atoms with Gasteiger partial charge in [0.1, 0.15) is 29.2 Å². The van der Waals surface area contributed by atoms with Crippen molar-refractivity contribution in [3.05, 3.63) is 65.2 Å². The van der Waals surface area contributed by atoms with Crippen molar-refractivity contribution < 1.29 is 23.0 Å². The molecule has 0 saturated carbocycles. The number of carbonyl (C=O) groups excluding carboxylic acids is 1. The molecule has 0 aliphatic carbocycles. The molecule has 35 heavy (non-hydrogen) atoms. The van der Waals surface area contributed by atoms with E-state index in [1.54, 1.807) is 12.1 Å². The van der Waals surface area contributed by atoms with Crippen LogP contribution in [-0.4, -0.2) is 45.2 Å². The maximum Gasteiger partial charge on any atom is 0.251 e. The van der Waals surface area contributed by atoms with E-state index in [9.17, 15) is 13.6 Å². The van der Waals surface area contributed by atoms with Crippen molar-refractivity contribution in [3.8, 4) is 28.3 Å². The maximum atomic E-state index is 15.0. The average molecular weight is 498 g/mol. The van der Waals surface area contributed by atoms with Gasteiger partial charge in [0.15, 0.2) is 5.52 Å². The minimum Gasteiger partial charge on any atom is -0.473 e. The summed E-state index contributed by atoms with van der Waals surface area (Å²) < 4.78 is 41.1. The standard InChI is InChI=1S/C24H18ClF2N5O3/c25-22-15(19-16(26)2-1-14(20(19)27)23(28)33)9-12(10-29-22)17-3-4-18-21(32-17)24(31-11-30-18)35-13-5-7-34-8-6-13/h1-4,9-11,13H,5-8H2,(H2,28,33). The SMILES string of the molecule is NC(=O)c1ccc(F)c(-c2cc(-c3ccc4ncnc(OC5CCOCC5)c4n3)cnc2Cl)c1F. The number of amides is 1. The second-order valence-corrected chi connectivity index (χ2v) is 8.24. The third kappa shape index (κ3) is 4.50. The molecule has 5 rings (SSSR count). The molecule has 1 aliphatic heterocycles. The molecule has 4 aromatic rings. The molecule has 1 aliphatic rings. The van der Waals surface area contributed by atoms with Gasteiger partial charge in [-0.25, -0.2) is 23.7 Å². The topological polar surface area (TPSA) is 113 Å². The van der Waals surface area contributed by atoms with Crippen LogP contribution in [0, 0.1) is 11.6 Å². The molecule has 11 heteroatoms. The molecule has 1 aromatic carbocycles. The van der Waals surface area contributed by atoms with Gasteiger partial charge in [0.05, 0.1) is 35.6 Å². The Balaban J connectivity index is 1.59. The zero-order valence-electron chi connectivity index (χ0n) is 18.2. The molecule has 8 nitrogen and oxygen atoms in total. The van der Waals surface area contributed by atoms with Crippen molar-refractivity contribution >= 4 is 28.5 Å². The number of aromatic nitrogens is 4. The predicted molar refractivity (Wildman–Crippen MR) is 124 cm³/mol. The summed E-state index contributed by atoms with van der Waals surface area (Å²) in [6.07, 6.45) is 4.24. The fourth-order valence-electron chi connectivity index (χ4n) is 3.87. The molecule has 0 unspecified atom stereocenters. The van der Waals surface area contributed by atoms with Crippen LogP contribution in [0.5, 0.6) is 5.88 Å². The summed E-state index contributed by atoms with van der Waals surface area (Å²) in [5, 5.41) is -0.152. The first-order valence-corrected chi connectivity index (χ1v) is 11.1. The second kappa shape index (κ2) is 9.47.